The smallest absolute Gasteiger partial charge is 0.0678 e. The fourth-order valence-electron chi connectivity index (χ4n) is 1.81. The van der Waals surface area contributed by atoms with Crippen LogP contribution in [-0.2, 0) is 4.74 Å². The van der Waals surface area contributed by atoms with Crippen LogP contribution in [0.1, 0.15) is 20.8 Å². The standard InChI is InChI=1S/C9H19NO2/c1-7(11)4-10-5-8(2)12-9(3)6-10/h7-9,11H,4-6H2,1-3H3/t7?,8-,9-/m1/s1. The lowest BCUT2D eigenvalue weighted by Gasteiger charge is -2.35. The summed E-state index contributed by atoms with van der Waals surface area (Å²) in [6.07, 6.45) is 0.363. The number of hydrogen-bond acceptors (Lipinski definition) is 3. The van der Waals surface area contributed by atoms with Crippen LogP contribution >= 0.6 is 0 Å². The van der Waals surface area contributed by atoms with Crippen molar-refractivity contribution in [3.63, 3.8) is 0 Å². The molecule has 1 aliphatic heterocycles. The molecular formula is C9H19NO2. The Kier molecular flexibility index (Phi) is 3.50. The topological polar surface area (TPSA) is 32.7 Å². The van der Waals surface area contributed by atoms with Crippen LogP contribution < -0.4 is 0 Å². The van der Waals surface area contributed by atoms with Gasteiger partial charge >= 0.3 is 0 Å². The summed E-state index contributed by atoms with van der Waals surface area (Å²) >= 11 is 0. The molecule has 0 aromatic heterocycles. The maximum atomic E-state index is 9.19. The molecule has 0 radical (unpaired) electrons. The summed E-state index contributed by atoms with van der Waals surface area (Å²) in [5.74, 6) is 0. The zero-order valence-electron chi connectivity index (χ0n) is 8.16. The number of β-amino-alcohol motifs (C(OH)–C–C–N with tert-alkyl or cyclic N) is 1. The SMILES string of the molecule is CC(O)CN1C[C@@H](C)O[C@H](C)C1. The molecule has 1 heterocycles. The highest BCUT2D eigenvalue weighted by Gasteiger charge is 2.22. The van der Waals surface area contributed by atoms with Crippen molar-refractivity contribution >= 4 is 0 Å². The average molecular weight is 173 g/mol. The average Bonchev–Trinajstić information content (AvgIpc) is 1.81. The predicted octanol–water partition coefficient (Wildman–Crippen LogP) is 0.476. The van der Waals surface area contributed by atoms with Crippen molar-refractivity contribution in [2.24, 2.45) is 0 Å². The Balaban J connectivity index is 2.34. The summed E-state index contributed by atoms with van der Waals surface area (Å²) in [5, 5.41) is 9.19. The maximum Gasteiger partial charge on any atom is 0.0678 e. The lowest BCUT2D eigenvalue weighted by molar-refractivity contribution is -0.0752. The minimum atomic E-state index is -0.234. The van der Waals surface area contributed by atoms with Crippen LogP contribution in [0.15, 0.2) is 0 Å². The number of ether oxygens (including phenoxy) is 1. The van der Waals surface area contributed by atoms with E-state index in [0.29, 0.717) is 12.2 Å². The quantitative estimate of drug-likeness (QED) is 0.659. The molecule has 1 N–H and O–H groups in total. The number of rotatable bonds is 2. The number of aliphatic hydroxyl groups excluding tert-OH is 1. The van der Waals surface area contributed by atoms with E-state index in [4.69, 9.17) is 4.74 Å². The first-order chi connectivity index (χ1) is 5.58. The lowest BCUT2D eigenvalue weighted by Crippen LogP contribution is -2.47. The number of hydrogen-bond donors (Lipinski definition) is 1. The summed E-state index contributed by atoms with van der Waals surface area (Å²) < 4.78 is 5.57. The molecule has 1 aliphatic rings. The van der Waals surface area contributed by atoms with Gasteiger partial charge < -0.3 is 9.84 Å². The van der Waals surface area contributed by atoms with Gasteiger partial charge in [-0.3, -0.25) is 4.90 Å². The predicted molar refractivity (Wildman–Crippen MR) is 48.1 cm³/mol. The fraction of sp³-hybridized carbons (Fsp3) is 1.00. The van der Waals surface area contributed by atoms with E-state index in [0.717, 1.165) is 19.6 Å². The van der Waals surface area contributed by atoms with Crippen LogP contribution in [-0.4, -0.2) is 48.0 Å². The van der Waals surface area contributed by atoms with Crippen LogP contribution in [0.5, 0.6) is 0 Å². The van der Waals surface area contributed by atoms with Crippen molar-refractivity contribution in [1.82, 2.24) is 4.90 Å². The van der Waals surface area contributed by atoms with Crippen LogP contribution in [0, 0.1) is 0 Å². The number of morpholine rings is 1. The van der Waals surface area contributed by atoms with E-state index in [2.05, 4.69) is 18.7 Å². The van der Waals surface area contributed by atoms with Crippen molar-refractivity contribution in [3.05, 3.63) is 0 Å². The van der Waals surface area contributed by atoms with E-state index >= 15 is 0 Å². The molecular weight excluding hydrogens is 154 g/mol. The Hall–Kier alpha value is -0.120. The zero-order chi connectivity index (χ0) is 9.14. The van der Waals surface area contributed by atoms with Gasteiger partial charge in [0.25, 0.3) is 0 Å². The van der Waals surface area contributed by atoms with E-state index in [1.54, 1.807) is 0 Å². The first-order valence-electron chi connectivity index (χ1n) is 4.64. The molecule has 72 valence electrons. The van der Waals surface area contributed by atoms with Gasteiger partial charge in [-0.2, -0.15) is 0 Å². The van der Waals surface area contributed by atoms with Gasteiger partial charge in [0.2, 0.25) is 0 Å². The molecule has 1 rings (SSSR count). The highest BCUT2D eigenvalue weighted by atomic mass is 16.5. The van der Waals surface area contributed by atoms with Gasteiger partial charge in [0.05, 0.1) is 18.3 Å². The van der Waals surface area contributed by atoms with Crippen LogP contribution in [0.4, 0.5) is 0 Å². The number of aliphatic hydroxyl groups is 1. The summed E-state index contributed by atoms with van der Waals surface area (Å²) in [7, 11) is 0. The van der Waals surface area contributed by atoms with Gasteiger partial charge in [0.15, 0.2) is 0 Å². The van der Waals surface area contributed by atoms with E-state index < -0.39 is 0 Å². The second-order valence-electron chi connectivity index (χ2n) is 3.82. The van der Waals surface area contributed by atoms with Crippen molar-refractivity contribution in [3.8, 4) is 0 Å². The molecule has 0 bridgehead atoms. The first-order valence-corrected chi connectivity index (χ1v) is 4.64. The molecule has 1 saturated heterocycles. The molecule has 0 spiro atoms. The molecule has 0 aromatic carbocycles. The molecule has 3 nitrogen and oxygen atoms in total. The van der Waals surface area contributed by atoms with Gasteiger partial charge in [-0.1, -0.05) is 0 Å². The molecule has 0 amide bonds. The highest BCUT2D eigenvalue weighted by molar-refractivity contribution is 4.73. The van der Waals surface area contributed by atoms with Crippen LogP contribution in [0.3, 0.4) is 0 Å². The molecule has 0 saturated carbocycles. The van der Waals surface area contributed by atoms with E-state index in [9.17, 15) is 5.11 Å². The largest absolute Gasteiger partial charge is 0.392 e. The second kappa shape index (κ2) is 4.21. The fourth-order valence-corrected chi connectivity index (χ4v) is 1.81. The lowest BCUT2D eigenvalue weighted by atomic mass is 10.2. The Morgan fingerprint density at radius 2 is 1.92 bits per heavy atom. The van der Waals surface area contributed by atoms with E-state index in [-0.39, 0.29) is 6.10 Å². The van der Waals surface area contributed by atoms with Crippen LogP contribution in [0.25, 0.3) is 0 Å². The van der Waals surface area contributed by atoms with E-state index in [1.165, 1.54) is 0 Å². The van der Waals surface area contributed by atoms with Crippen molar-refractivity contribution in [2.75, 3.05) is 19.6 Å². The minimum absolute atomic E-state index is 0.234. The van der Waals surface area contributed by atoms with Crippen molar-refractivity contribution < 1.29 is 9.84 Å². The summed E-state index contributed by atoms with van der Waals surface area (Å²) in [6, 6.07) is 0. The molecule has 1 fully saturated rings. The monoisotopic (exact) mass is 173 g/mol. The molecule has 0 aromatic rings. The third-order valence-corrected chi connectivity index (χ3v) is 2.02. The normalized spacial score (nSPS) is 35.0. The van der Waals surface area contributed by atoms with Gasteiger partial charge in [-0.25, -0.2) is 0 Å². The molecule has 0 aliphatic carbocycles. The van der Waals surface area contributed by atoms with Gasteiger partial charge in [0, 0.05) is 19.6 Å². The maximum absolute atomic E-state index is 9.19. The minimum Gasteiger partial charge on any atom is -0.392 e. The Bertz CT molecular complexity index is 126. The summed E-state index contributed by atoms with van der Waals surface area (Å²) in [6.45, 7) is 8.61. The van der Waals surface area contributed by atoms with E-state index in [1.807, 2.05) is 6.92 Å². The molecule has 3 atom stereocenters. The molecule has 1 unspecified atom stereocenters. The summed E-state index contributed by atoms with van der Waals surface area (Å²) in [4.78, 5) is 2.25. The second-order valence-corrected chi connectivity index (χ2v) is 3.82. The van der Waals surface area contributed by atoms with Gasteiger partial charge in [-0.05, 0) is 20.8 Å². The Morgan fingerprint density at radius 3 is 2.33 bits per heavy atom. The zero-order valence-corrected chi connectivity index (χ0v) is 8.16. The molecule has 3 heteroatoms. The van der Waals surface area contributed by atoms with Crippen LogP contribution in [0.2, 0.25) is 0 Å². The van der Waals surface area contributed by atoms with Crippen molar-refractivity contribution in [1.29, 1.82) is 0 Å². The Morgan fingerprint density at radius 1 is 1.42 bits per heavy atom. The van der Waals surface area contributed by atoms with Crippen molar-refractivity contribution in [2.45, 2.75) is 39.1 Å². The molecule has 12 heavy (non-hydrogen) atoms. The Labute approximate surface area is 74.3 Å². The number of nitrogens with zero attached hydrogens (tertiary/aromatic N) is 1. The third kappa shape index (κ3) is 3.09. The first kappa shape index (κ1) is 9.96. The highest BCUT2D eigenvalue weighted by Crippen LogP contribution is 2.10. The third-order valence-electron chi connectivity index (χ3n) is 2.02. The van der Waals surface area contributed by atoms with Gasteiger partial charge in [-0.15, -0.1) is 0 Å². The summed E-state index contributed by atoms with van der Waals surface area (Å²) in [5.41, 5.74) is 0. The van der Waals surface area contributed by atoms with Gasteiger partial charge in [0.1, 0.15) is 0 Å².